The van der Waals surface area contributed by atoms with Crippen LogP contribution in [0, 0.1) is 0 Å². The zero-order chi connectivity index (χ0) is 14.8. The van der Waals surface area contributed by atoms with Crippen molar-refractivity contribution >= 4 is 22.6 Å². The molecule has 1 aromatic carbocycles. The van der Waals surface area contributed by atoms with Gasteiger partial charge in [-0.25, -0.2) is 4.79 Å². The van der Waals surface area contributed by atoms with Gasteiger partial charge in [-0.15, -0.1) is 0 Å². The van der Waals surface area contributed by atoms with E-state index in [1.54, 1.807) is 0 Å². The van der Waals surface area contributed by atoms with E-state index in [1.165, 1.54) is 6.20 Å². The molecule has 110 valence electrons. The van der Waals surface area contributed by atoms with Crippen molar-refractivity contribution in [1.29, 1.82) is 0 Å². The third kappa shape index (κ3) is 2.69. The molecule has 1 aromatic heterocycles. The van der Waals surface area contributed by atoms with Gasteiger partial charge in [-0.1, -0.05) is 18.2 Å². The van der Waals surface area contributed by atoms with Crippen LogP contribution in [0.3, 0.4) is 0 Å². The van der Waals surface area contributed by atoms with Gasteiger partial charge in [0.25, 0.3) is 0 Å². The van der Waals surface area contributed by atoms with Gasteiger partial charge in [0.05, 0.1) is 11.2 Å². The van der Waals surface area contributed by atoms with Gasteiger partial charge in [0.1, 0.15) is 5.56 Å². The van der Waals surface area contributed by atoms with Crippen LogP contribution in [0.15, 0.2) is 30.5 Å². The lowest BCUT2D eigenvalue weighted by molar-refractivity contribution is 0.0697. The number of likely N-dealkylation sites (N-methyl/N-ethyl adjacent to an activating group) is 1. The maximum absolute atomic E-state index is 11.6. The number of nitrogens with zero attached hydrogens (tertiary/aromatic N) is 3. The van der Waals surface area contributed by atoms with Crippen LogP contribution < -0.4 is 4.90 Å². The summed E-state index contributed by atoms with van der Waals surface area (Å²) < 4.78 is 0. The van der Waals surface area contributed by atoms with Gasteiger partial charge in [-0.05, 0) is 26.1 Å². The van der Waals surface area contributed by atoms with Gasteiger partial charge in [0, 0.05) is 31.2 Å². The molecule has 0 unspecified atom stereocenters. The highest BCUT2D eigenvalue weighted by molar-refractivity contribution is 6.04. The molecule has 1 aliphatic rings. The van der Waals surface area contributed by atoms with Crippen LogP contribution >= 0.6 is 0 Å². The third-order valence-corrected chi connectivity index (χ3v) is 4.01. The lowest BCUT2D eigenvalue weighted by Gasteiger charge is -2.25. The summed E-state index contributed by atoms with van der Waals surface area (Å²) in [6.45, 7) is 3.70. The summed E-state index contributed by atoms with van der Waals surface area (Å²) in [7, 11) is 2.10. The minimum atomic E-state index is -0.916. The fraction of sp³-hybridized carbons (Fsp3) is 0.375. The fourth-order valence-electron chi connectivity index (χ4n) is 2.89. The Morgan fingerprint density at radius 1 is 1.19 bits per heavy atom. The standard InChI is InChI=1S/C16H19N3O2/c1-18-7-4-8-19(10-9-18)15-12-5-2-3-6-14(12)17-11-13(15)16(20)21/h2-3,5-6,11H,4,7-10H2,1H3,(H,20,21). The number of aromatic nitrogens is 1. The number of benzene rings is 1. The van der Waals surface area contributed by atoms with Crippen LogP contribution in [0.2, 0.25) is 0 Å². The van der Waals surface area contributed by atoms with Crippen LogP contribution in [0.1, 0.15) is 16.8 Å². The predicted octanol–water partition coefficient (Wildman–Crippen LogP) is 2.07. The number of aromatic carboxylic acids is 1. The lowest BCUT2D eigenvalue weighted by Crippen LogP contribution is -2.30. The number of carboxylic acids is 1. The number of carbonyl (C=O) groups is 1. The summed E-state index contributed by atoms with van der Waals surface area (Å²) in [5.41, 5.74) is 1.94. The number of hydrogen-bond donors (Lipinski definition) is 1. The number of pyridine rings is 1. The topological polar surface area (TPSA) is 56.7 Å². The number of hydrogen-bond acceptors (Lipinski definition) is 4. The molecular formula is C16H19N3O2. The summed E-state index contributed by atoms with van der Waals surface area (Å²) in [6, 6.07) is 7.74. The van der Waals surface area contributed by atoms with Crippen LogP contribution in [0.25, 0.3) is 10.9 Å². The average molecular weight is 285 g/mol. The van der Waals surface area contributed by atoms with Crippen molar-refractivity contribution < 1.29 is 9.90 Å². The summed E-state index contributed by atoms with van der Waals surface area (Å²) >= 11 is 0. The fourth-order valence-corrected chi connectivity index (χ4v) is 2.89. The first kappa shape index (κ1) is 13.8. The van der Waals surface area contributed by atoms with Crippen molar-refractivity contribution in [3.8, 4) is 0 Å². The quantitative estimate of drug-likeness (QED) is 0.915. The Labute approximate surface area is 123 Å². The van der Waals surface area contributed by atoms with Crippen LogP contribution in [0.4, 0.5) is 5.69 Å². The summed E-state index contributed by atoms with van der Waals surface area (Å²) in [5.74, 6) is -0.916. The van der Waals surface area contributed by atoms with E-state index in [0.717, 1.165) is 49.2 Å². The summed E-state index contributed by atoms with van der Waals surface area (Å²) in [5, 5.41) is 10.4. The normalized spacial score (nSPS) is 16.9. The Morgan fingerprint density at radius 2 is 2.00 bits per heavy atom. The molecule has 2 heterocycles. The molecule has 0 spiro atoms. The minimum absolute atomic E-state index is 0.290. The molecule has 0 aliphatic carbocycles. The second-order valence-electron chi connectivity index (χ2n) is 5.49. The highest BCUT2D eigenvalue weighted by Crippen LogP contribution is 2.30. The molecule has 21 heavy (non-hydrogen) atoms. The van der Waals surface area contributed by atoms with E-state index in [4.69, 9.17) is 0 Å². The summed E-state index contributed by atoms with van der Waals surface area (Å²) in [6.07, 6.45) is 2.51. The smallest absolute Gasteiger partial charge is 0.339 e. The molecule has 0 radical (unpaired) electrons. The second kappa shape index (κ2) is 5.69. The summed E-state index contributed by atoms with van der Waals surface area (Å²) in [4.78, 5) is 20.3. The number of fused-ring (bicyclic) bond motifs is 1. The molecule has 0 amide bonds. The van der Waals surface area contributed by atoms with Gasteiger partial charge in [-0.3, -0.25) is 4.98 Å². The van der Waals surface area contributed by atoms with Gasteiger partial charge in [-0.2, -0.15) is 0 Å². The molecule has 0 bridgehead atoms. The highest BCUT2D eigenvalue weighted by Gasteiger charge is 2.21. The predicted molar refractivity (Wildman–Crippen MR) is 83.0 cm³/mol. The zero-order valence-corrected chi connectivity index (χ0v) is 12.1. The van der Waals surface area contributed by atoms with Crippen molar-refractivity contribution in [3.63, 3.8) is 0 Å². The lowest BCUT2D eigenvalue weighted by atomic mass is 10.1. The van der Waals surface area contributed by atoms with E-state index in [-0.39, 0.29) is 0 Å². The van der Waals surface area contributed by atoms with E-state index >= 15 is 0 Å². The monoisotopic (exact) mass is 285 g/mol. The first-order valence-electron chi connectivity index (χ1n) is 7.21. The second-order valence-corrected chi connectivity index (χ2v) is 5.49. The molecule has 1 aliphatic heterocycles. The Morgan fingerprint density at radius 3 is 2.81 bits per heavy atom. The largest absolute Gasteiger partial charge is 0.478 e. The Balaban J connectivity index is 2.13. The minimum Gasteiger partial charge on any atom is -0.478 e. The molecule has 2 aromatic rings. The first-order valence-corrected chi connectivity index (χ1v) is 7.21. The first-order chi connectivity index (χ1) is 10.2. The van der Waals surface area contributed by atoms with Gasteiger partial charge in [0.15, 0.2) is 0 Å². The molecular weight excluding hydrogens is 266 g/mol. The van der Waals surface area contributed by atoms with Crippen LogP contribution in [-0.2, 0) is 0 Å². The van der Waals surface area contributed by atoms with Gasteiger partial charge in [0.2, 0.25) is 0 Å². The average Bonchev–Trinajstić information content (AvgIpc) is 2.70. The van der Waals surface area contributed by atoms with Gasteiger partial charge >= 0.3 is 5.97 Å². The van der Waals surface area contributed by atoms with E-state index in [9.17, 15) is 9.90 Å². The van der Waals surface area contributed by atoms with E-state index in [0.29, 0.717) is 5.56 Å². The van der Waals surface area contributed by atoms with Crippen molar-refractivity contribution in [2.24, 2.45) is 0 Å². The number of para-hydroxylation sites is 1. The maximum Gasteiger partial charge on any atom is 0.339 e. The van der Waals surface area contributed by atoms with Gasteiger partial charge < -0.3 is 14.9 Å². The van der Waals surface area contributed by atoms with E-state index < -0.39 is 5.97 Å². The van der Waals surface area contributed by atoms with E-state index in [1.807, 2.05) is 24.3 Å². The molecule has 0 saturated carbocycles. The molecule has 3 rings (SSSR count). The SMILES string of the molecule is CN1CCCN(c2c(C(=O)O)cnc3ccccc23)CC1. The molecule has 0 atom stereocenters. The third-order valence-electron chi connectivity index (χ3n) is 4.01. The van der Waals surface area contributed by atoms with Crippen LogP contribution in [-0.4, -0.2) is 54.2 Å². The Bertz CT molecular complexity index is 672. The molecule has 1 saturated heterocycles. The molecule has 1 fully saturated rings. The number of carboxylic acid groups (broad SMARTS) is 1. The molecule has 5 nitrogen and oxygen atoms in total. The highest BCUT2D eigenvalue weighted by atomic mass is 16.4. The van der Waals surface area contributed by atoms with E-state index in [2.05, 4.69) is 21.8 Å². The Hall–Kier alpha value is -2.14. The van der Waals surface area contributed by atoms with Crippen molar-refractivity contribution in [1.82, 2.24) is 9.88 Å². The maximum atomic E-state index is 11.6. The van der Waals surface area contributed by atoms with Crippen molar-refractivity contribution in [3.05, 3.63) is 36.0 Å². The van der Waals surface area contributed by atoms with Crippen LogP contribution in [0.5, 0.6) is 0 Å². The zero-order valence-electron chi connectivity index (χ0n) is 12.1. The van der Waals surface area contributed by atoms with Crippen molar-refractivity contribution in [2.45, 2.75) is 6.42 Å². The molecule has 1 N–H and O–H groups in total. The number of anilines is 1. The Kier molecular flexibility index (Phi) is 3.75. The molecule has 5 heteroatoms. The van der Waals surface area contributed by atoms with Crippen molar-refractivity contribution in [2.75, 3.05) is 38.1 Å². The number of rotatable bonds is 2.